The Hall–Kier alpha value is -1.14. The zero-order valence-corrected chi connectivity index (χ0v) is 13.8. The first kappa shape index (κ1) is 18.9. The molecule has 0 heterocycles. The Kier molecular flexibility index (Phi) is 7.75. The zero-order valence-electron chi connectivity index (χ0n) is 13.8. The molecule has 0 N–H and O–H groups in total. The van der Waals surface area contributed by atoms with Gasteiger partial charge in [-0.05, 0) is 0 Å². The van der Waals surface area contributed by atoms with Gasteiger partial charge in [0.05, 0.1) is 61.7 Å². The molecule has 0 spiro atoms. The van der Waals surface area contributed by atoms with Crippen LogP contribution < -0.4 is 0 Å². The quantitative estimate of drug-likeness (QED) is 0.452. The largest absolute Gasteiger partial charge is 0.465 e. The fraction of sp³-hybridized carbons (Fsp3) is 0.857. The molecule has 0 aliphatic carbocycles. The molecule has 0 aliphatic rings. The normalized spacial score (nSPS) is 12.1. The first-order chi connectivity index (χ1) is 8.99. The zero-order chi connectivity index (χ0) is 15.8. The van der Waals surface area contributed by atoms with Crippen LogP contribution in [0.4, 0.5) is 0 Å². The summed E-state index contributed by atoms with van der Waals surface area (Å²) in [5, 5.41) is 0. The van der Waals surface area contributed by atoms with Crippen molar-refractivity contribution in [3.05, 3.63) is 0 Å². The number of carbonyl (C=O) groups excluding carboxylic acids is 2. The molecular weight excluding hydrogens is 260 g/mol. The van der Waals surface area contributed by atoms with E-state index in [0.29, 0.717) is 24.1 Å². The van der Waals surface area contributed by atoms with Gasteiger partial charge in [0.25, 0.3) is 0 Å². The van der Waals surface area contributed by atoms with Crippen LogP contribution in [-0.2, 0) is 19.1 Å². The van der Waals surface area contributed by atoms with Gasteiger partial charge in [-0.2, -0.15) is 0 Å². The second kappa shape index (κ2) is 8.21. The van der Waals surface area contributed by atoms with E-state index in [2.05, 4.69) is 0 Å². The Morgan fingerprint density at radius 1 is 0.700 bits per heavy atom. The lowest BCUT2D eigenvalue weighted by Crippen LogP contribution is -2.38. The number of likely N-dealkylation sites (N-methyl/N-ethyl adjacent to an activating group) is 1. The second-order valence-electron chi connectivity index (χ2n) is 6.97. The van der Waals surface area contributed by atoms with E-state index in [9.17, 15) is 9.59 Å². The minimum atomic E-state index is -0.321. The Morgan fingerprint density at radius 2 is 1.15 bits per heavy atom. The van der Waals surface area contributed by atoms with E-state index in [1.165, 1.54) is 0 Å². The van der Waals surface area contributed by atoms with Crippen molar-refractivity contribution in [1.29, 1.82) is 0 Å². The molecule has 0 aromatic heterocycles. The van der Waals surface area contributed by atoms with Gasteiger partial charge < -0.3 is 18.4 Å². The summed E-state index contributed by atoms with van der Waals surface area (Å²) in [6, 6.07) is 0. The van der Waals surface area contributed by atoms with Crippen LogP contribution in [0.3, 0.4) is 0 Å². The monoisotopic (exact) mass is 290 g/mol. The van der Waals surface area contributed by atoms with Crippen LogP contribution in [0.2, 0.25) is 0 Å². The number of hydrogen-bond acceptors (Lipinski definition) is 4. The SMILES string of the molecule is C[N+](C)(C)CCOC(=O)CCOC(=O)CC[N+](C)(C)C. The molecule has 0 amide bonds. The molecule has 0 aliphatic heterocycles. The topological polar surface area (TPSA) is 52.6 Å². The van der Waals surface area contributed by atoms with Crippen LogP contribution in [0.15, 0.2) is 0 Å². The number of esters is 2. The number of ether oxygens (including phenoxy) is 2. The van der Waals surface area contributed by atoms with Crippen LogP contribution in [-0.4, -0.2) is 89.5 Å². The molecule has 0 bridgehead atoms. The number of rotatable bonds is 9. The first-order valence-electron chi connectivity index (χ1n) is 6.92. The van der Waals surface area contributed by atoms with E-state index < -0.39 is 0 Å². The van der Waals surface area contributed by atoms with Gasteiger partial charge in [-0.25, -0.2) is 0 Å². The number of carbonyl (C=O) groups is 2. The van der Waals surface area contributed by atoms with Crippen molar-refractivity contribution in [2.75, 3.05) is 68.6 Å². The van der Waals surface area contributed by atoms with Gasteiger partial charge in [0.15, 0.2) is 0 Å². The summed E-state index contributed by atoms with van der Waals surface area (Å²) in [7, 11) is 12.1. The molecule has 6 heteroatoms. The van der Waals surface area contributed by atoms with Crippen molar-refractivity contribution in [2.45, 2.75) is 12.8 Å². The van der Waals surface area contributed by atoms with Crippen LogP contribution in [0, 0.1) is 0 Å². The Balaban J connectivity index is 3.64. The number of quaternary nitrogens is 2. The highest BCUT2D eigenvalue weighted by Crippen LogP contribution is 1.97. The summed E-state index contributed by atoms with van der Waals surface area (Å²) in [6.07, 6.45) is 0.479. The third kappa shape index (κ3) is 13.3. The lowest BCUT2D eigenvalue weighted by Gasteiger charge is -2.23. The maximum atomic E-state index is 11.4. The van der Waals surface area contributed by atoms with Gasteiger partial charge >= 0.3 is 11.9 Å². The van der Waals surface area contributed by atoms with Crippen LogP contribution in [0.1, 0.15) is 12.8 Å². The van der Waals surface area contributed by atoms with E-state index in [4.69, 9.17) is 9.47 Å². The van der Waals surface area contributed by atoms with E-state index in [1.54, 1.807) is 0 Å². The van der Waals surface area contributed by atoms with Crippen molar-refractivity contribution in [3.63, 3.8) is 0 Å². The van der Waals surface area contributed by atoms with Crippen LogP contribution in [0.5, 0.6) is 0 Å². The number of hydrogen-bond donors (Lipinski definition) is 0. The van der Waals surface area contributed by atoms with Crippen molar-refractivity contribution in [3.8, 4) is 0 Å². The highest BCUT2D eigenvalue weighted by atomic mass is 16.5. The van der Waals surface area contributed by atoms with Crippen molar-refractivity contribution in [1.82, 2.24) is 0 Å². The van der Waals surface area contributed by atoms with Gasteiger partial charge in [-0.3, -0.25) is 9.59 Å². The van der Waals surface area contributed by atoms with Gasteiger partial charge in [0.2, 0.25) is 0 Å². The summed E-state index contributed by atoms with van der Waals surface area (Å²) in [4.78, 5) is 22.8. The van der Waals surface area contributed by atoms with Crippen molar-refractivity contribution < 1.29 is 28.0 Å². The molecule has 20 heavy (non-hydrogen) atoms. The standard InChI is InChI=1S/C14H30N2O4/c1-15(2,3)9-7-13(17)19-11-8-14(18)20-12-10-16(4,5)6/h7-12H2,1-6H3/q+2. The van der Waals surface area contributed by atoms with Gasteiger partial charge in [-0.15, -0.1) is 0 Å². The Labute approximate surface area is 122 Å². The summed E-state index contributed by atoms with van der Waals surface area (Å²) < 4.78 is 11.5. The molecule has 0 atom stereocenters. The average molecular weight is 290 g/mol. The third-order valence-electron chi connectivity index (χ3n) is 2.58. The van der Waals surface area contributed by atoms with E-state index in [-0.39, 0.29) is 25.0 Å². The molecule has 118 valence electrons. The molecule has 0 saturated heterocycles. The second-order valence-corrected chi connectivity index (χ2v) is 6.97. The lowest BCUT2D eigenvalue weighted by atomic mass is 10.4. The predicted octanol–water partition coefficient (Wildman–Crippen LogP) is 0.265. The fourth-order valence-electron chi connectivity index (χ4n) is 1.25. The van der Waals surface area contributed by atoms with Crippen molar-refractivity contribution >= 4 is 11.9 Å². The maximum absolute atomic E-state index is 11.4. The predicted molar refractivity (Wildman–Crippen MR) is 77.0 cm³/mol. The third-order valence-corrected chi connectivity index (χ3v) is 2.58. The summed E-state index contributed by atoms with van der Waals surface area (Å²) in [6.45, 7) is 1.96. The fourth-order valence-corrected chi connectivity index (χ4v) is 1.25. The van der Waals surface area contributed by atoms with Gasteiger partial charge in [0.1, 0.15) is 19.8 Å². The molecule has 0 fully saturated rings. The highest BCUT2D eigenvalue weighted by Gasteiger charge is 2.13. The molecule has 0 aromatic carbocycles. The molecule has 0 radical (unpaired) electrons. The molecule has 0 unspecified atom stereocenters. The lowest BCUT2D eigenvalue weighted by molar-refractivity contribution is -0.870. The maximum Gasteiger partial charge on any atom is 0.311 e. The van der Waals surface area contributed by atoms with E-state index in [0.717, 1.165) is 11.0 Å². The van der Waals surface area contributed by atoms with Crippen LogP contribution in [0.25, 0.3) is 0 Å². The first-order valence-corrected chi connectivity index (χ1v) is 6.92. The van der Waals surface area contributed by atoms with Gasteiger partial charge in [0, 0.05) is 0 Å². The summed E-state index contributed by atoms with van der Waals surface area (Å²) in [5.41, 5.74) is 0. The molecule has 6 nitrogen and oxygen atoms in total. The highest BCUT2D eigenvalue weighted by molar-refractivity contribution is 5.71. The van der Waals surface area contributed by atoms with E-state index in [1.807, 2.05) is 42.3 Å². The Bertz CT molecular complexity index is 316. The minimum absolute atomic E-state index is 0.0964. The van der Waals surface area contributed by atoms with Crippen molar-refractivity contribution in [2.24, 2.45) is 0 Å². The summed E-state index contributed by atoms with van der Waals surface area (Å²) in [5.74, 6) is -0.588. The molecule has 0 rings (SSSR count). The molecule has 0 aromatic rings. The smallest absolute Gasteiger partial charge is 0.311 e. The van der Waals surface area contributed by atoms with Gasteiger partial charge in [-0.1, -0.05) is 0 Å². The summed E-state index contributed by atoms with van der Waals surface area (Å²) >= 11 is 0. The Morgan fingerprint density at radius 3 is 1.65 bits per heavy atom. The minimum Gasteiger partial charge on any atom is -0.465 e. The molecular formula is C14H30N2O4+2. The molecule has 0 saturated carbocycles. The van der Waals surface area contributed by atoms with Crippen LogP contribution >= 0.6 is 0 Å². The average Bonchev–Trinajstić information content (AvgIpc) is 2.23. The number of nitrogens with zero attached hydrogens (tertiary/aromatic N) is 2. The van der Waals surface area contributed by atoms with E-state index >= 15 is 0 Å².